The third-order valence-electron chi connectivity index (χ3n) is 6.16. The Morgan fingerprint density at radius 2 is 1.89 bits per heavy atom. The fourth-order valence-electron chi connectivity index (χ4n) is 4.41. The molecule has 27 heavy (non-hydrogen) atoms. The highest BCUT2D eigenvalue weighted by molar-refractivity contribution is 5.91. The number of nitrogens with zero attached hydrogens (tertiary/aromatic N) is 4. The molecule has 0 atom stereocenters. The van der Waals surface area contributed by atoms with E-state index in [0.29, 0.717) is 12.0 Å². The number of likely N-dealkylation sites (tertiary alicyclic amines) is 1. The van der Waals surface area contributed by atoms with Crippen LogP contribution in [0.2, 0.25) is 0 Å². The van der Waals surface area contributed by atoms with Crippen molar-refractivity contribution in [2.75, 3.05) is 19.6 Å². The Kier molecular flexibility index (Phi) is 4.27. The van der Waals surface area contributed by atoms with Gasteiger partial charge in [0, 0.05) is 35.8 Å². The highest BCUT2D eigenvalue weighted by Crippen LogP contribution is 2.34. The van der Waals surface area contributed by atoms with E-state index in [9.17, 15) is 0 Å². The summed E-state index contributed by atoms with van der Waals surface area (Å²) < 4.78 is 2.10. The predicted octanol–water partition coefficient (Wildman–Crippen LogP) is 4.60. The number of fused-ring (bicyclic) bond motifs is 1. The quantitative estimate of drug-likeness (QED) is 0.721. The highest BCUT2D eigenvalue weighted by atomic mass is 15.3. The highest BCUT2D eigenvalue weighted by Gasteiger charge is 2.28. The number of rotatable bonds is 5. The van der Waals surface area contributed by atoms with Crippen LogP contribution in [0.5, 0.6) is 0 Å². The van der Waals surface area contributed by atoms with E-state index < -0.39 is 0 Å². The minimum absolute atomic E-state index is 0.328. The van der Waals surface area contributed by atoms with Crippen molar-refractivity contribution in [1.29, 1.82) is 0 Å². The first kappa shape index (κ1) is 17.0. The van der Waals surface area contributed by atoms with Crippen molar-refractivity contribution in [2.24, 2.45) is 5.92 Å². The lowest BCUT2D eigenvalue weighted by Crippen LogP contribution is -2.34. The van der Waals surface area contributed by atoms with Gasteiger partial charge in [-0.1, -0.05) is 18.2 Å². The third kappa shape index (κ3) is 3.29. The maximum absolute atomic E-state index is 4.88. The fourth-order valence-corrected chi connectivity index (χ4v) is 4.41. The number of benzene rings is 1. The van der Waals surface area contributed by atoms with Crippen LogP contribution in [0.15, 0.2) is 30.5 Å². The van der Waals surface area contributed by atoms with Crippen molar-refractivity contribution in [3.05, 3.63) is 36.2 Å². The van der Waals surface area contributed by atoms with Gasteiger partial charge < -0.3 is 9.88 Å². The Morgan fingerprint density at radius 3 is 2.63 bits per heavy atom. The van der Waals surface area contributed by atoms with Crippen LogP contribution in [-0.4, -0.2) is 44.3 Å². The number of hydrogen-bond acceptors (Lipinski definition) is 3. The minimum Gasteiger partial charge on any atom is -0.340 e. The van der Waals surface area contributed by atoms with E-state index in [4.69, 9.17) is 10.1 Å². The summed E-state index contributed by atoms with van der Waals surface area (Å²) in [5, 5.41) is 6.06. The molecule has 5 rings (SSSR count). The van der Waals surface area contributed by atoms with Gasteiger partial charge in [0.05, 0.1) is 5.52 Å². The maximum Gasteiger partial charge on any atom is 0.158 e. The molecule has 1 aliphatic heterocycles. The van der Waals surface area contributed by atoms with Crippen molar-refractivity contribution in [3.8, 4) is 11.5 Å². The summed E-state index contributed by atoms with van der Waals surface area (Å²) in [5.74, 6) is 2.49. The standard InChI is InChI=1S/C22H29N5/c1-15(2)27-20-6-4-3-5-18(20)21(25-27)22-23-13-19(24-22)17-9-11-26(12-10-17)14-16-7-8-16/h3-6,13,15-17H,7-12,14H2,1-2H3,(H,23,24). The molecule has 3 aromatic rings. The van der Waals surface area contributed by atoms with Crippen molar-refractivity contribution in [2.45, 2.75) is 51.5 Å². The van der Waals surface area contributed by atoms with Gasteiger partial charge in [-0.2, -0.15) is 5.10 Å². The first-order valence-electron chi connectivity index (χ1n) is 10.4. The zero-order valence-corrected chi connectivity index (χ0v) is 16.4. The van der Waals surface area contributed by atoms with Gasteiger partial charge in [-0.15, -0.1) is 0 Å². The molecule has 0 unspecified atom stereocenters. The maximum atomic E-state index is 4.88. The Balaban J connectivity index is 1.37. The van der Waals surface area contributed by atoms with Crippen LogP contribution in [0.4, 0.5) is 0 Å². The summed E-state index contributed by atoms with van der Waals surface area (Å²) in [6, 6.07) is 8.78. The number of para-hydroxylation sites is 1. The number of hydrogen-bond donors (Lipinski definition) is 1. The lowest BCUT2D eigenvalue weighted by molar-refractivity contribution is 0.203. The van der Waals surface area contributed by atoms with Crippen molar-refractivity contribution >= 4 is 10.9 Å². The normalized spacial score (nSPS) is 19.4. The van der Waals surface area contributed by atoms with Gasteiger partial charge in [0.25, 0.3) is 0 Å². The molecule has 2 aromatic heterocycles. The Morgan fingerprint density at radius 1 is 1.11 bits per heavy atom. The number of H-pyrrole nitrogens is 1. The average molecular weight is 364 g/mol. The summed E-state index contributed by atoms with van der Waals surface area (Å²) >= 11 is 0. The molecule has 5 nitrogen and oxygen atoms in total. The van der Waals surface area contributed by atoms with Gasteiger partial charge in [0.1, 0.15) is 5.69 Å². The monoisotopic (exact) mass is 363 g/mol. The molecular formula is C22H29N5. The second-order valence-corrected chi connectivity index (χ2v) is 8.61. The summed E-state index contributed by atoms with van der Waals surface area (Å²) in [5.41, 5.74) is 3.42. The van der Waals surface area contributed by atoms with E-state index in [1.165, 1.54) is 61.9 Å². The number of imidazole rings is 1. The summed E-state index contributed by atoms with van der Waals surface area (Å²) in [4.78, 5) is 11.0. The molecule has 3 heterocycles. The Labute approximate surface area is 160 Å². The molecule has 2 aliphatic rings. The third-order valence-corrected chi connectivity index (χ3v) is 6.16. The molecular weight excluding hydrogens is 334 g/mol. The average Bonchev–Trinajstić information content (AvgIpc) is 3.21. The molecule has 1 saturated heterocycles. The first-order valence-corrected chi connectivity index (χ1v) is 10.4. The fraction of sp³-hybridized carbons (Fsp3) is 0.545. The van der Waals surface area contributed by atoms with Crippen LogP contribution < -0.4 is 0 Å². The van der Waals surface area contributed by atoms with Gasteiger partial charge >= 0.3 is 0 Å². The molecule has 142 valence electrons. The van der Waals surface area contributed by atoms with Crippen molar-refractivity contribution in [1.82, 2.24) is 24.6 Å². The minimum atomic E-state index is 0.328. The topological polar surface area (TPSA) is 49.7 Å². The van der Waals surface area contributed by atoms with Crippen LogP contribution in [0, 0.1) is 5.92 Å². The smallest absolute Gasteiger partial charge is 0.158 e. The second kappa shape index (κ2) is 6.79. The van der Waals surface area contributed by atoms with E-state index in [1.807, 2.05) is 6.20 Å². The van der Waals surface area contributed by atoms with Gasteiger partial charge in [-0.05, 0) is 64.6 Å². The molecule has 1 aliphatic carbocycles. The van der Waals surface area contributed by atoms with E-state index in [0.717, 1.165) is 17.4 Å². The van der Waals surface area contributed by atoms with Gasteiger partial charge in [0.15, 0.2) is 5.82 Å². The molecule has 5 heteroatoms. The predicted molar refractivity (Wildman–Crippen MR) is 109 cm³/mol. The van der Waals surface area contributed by atoms with Crippen LogP contribution in [-0.2, 0) is 0 Å². The van der Waals surface area contributed by atoms with Gasteiger partial charge in [-0.25, -0.2) is 4.98 Å². The number of aromatic amines is 1. The molecule has 1 saturated carbocycles. The zero-order chi connectivity index (χ0) is 18.4. The van der Waals surface area contributed by atoms with Crippen LogP contribution in [0.1, 0.15) is 57.2 Å². The number of nitrogens with one attached hydrogen (secondary N) is 1. The Bertz CT molecular complexity index is 925. The zero-order valence-electron chi connectivity index (χ0n) is 16.4. The lowest BCUT2D eigenvalue weighted by atomic mass is 9.94. The van der Waals surface area contributed by atoms with Crippen LogP contribution in [0.25, 0.3) is 22.4 Å². The largest absolute Gasteiger partial charge is 0.340 e. The summed E-state index contributed by atoms with van der Waals surface area (Å²) in [6.07, 6.45) is 7.40. The summed E-state index contributed by atoms with van der Waals surface area (Å²) in [6.45, 7) is 8.11. The summed E-state index contributed by atoms with van der Waals surface area (Å²) in [7, 11) is 0. The molecule has 1 N–H and O–H groups in total. The van der Waals surface area contributed by atoms with Crippen molar-refractivity contribution < 1.29 is 0 Å². The van der Waals surface area contributed by atoms with E-state index in [1.54, 1.807) is 0 Å². The molecule has 0 spiro atoms. The lowest BCUT2D eigenvalue weighted by Gasteiger charge is -2.31. The number of piperidine rings is 1. The molecule has 1 aromatic carbocycles. The van der Waals surface area contributed by atoms with Crippen LogP contribution >= 0.6 is 0 Å². The van der Waals surface area contributed by atoms with Gasteiger partial charge in [0.2, 0.25) is 0 Å². The first-order chi connectivity index (χ1) is 13.2. The van der Waals surface area contributed by atoms with Crippen molar-refractivity contribution in [3.63, 3.8) is 0 Å². The van der Waals surface area contributed by atoms with Crippen LogP contribution in [0.3, 0.4) is 0 Å². The van der Waals surface area contributed by atoms with Gasteiger partial charge in [-0.3, -0.25) is 4.68 Å². The second-order valence-electron chi connectivity index (χ2n) is 8.61. The SMILES string of the molecule is CC(C)n1nc(-c2ncc(C3CCN(CC4CC4)CC3)[nH]2)c2ccccc21. The molecule has 2 fully saturated rings. The molecule has 0 bridgehead atoms. The molecule has 0 amide bonds. The van der Waals surface area contributed by atoms with E-state index >= 15 is 0 Å². The van der Waals surface area contributed by atoms with E-state index in [-0.39, 0.29) is 0 Å². The molecule has 0 radical (unpaired) electrons. The Hall–Kier alpha value is -2.14. The number of aromatic nitrogens is 4. The van der Waals surface area contributed by atoms with E-state index in [2.05, 4.69) is 52.7 Å².